The lowest BCUT2D eigenvalue weighted by Gasteiger charge is -2.14. The molecule has 1 aliphatic rings. The van der Waals surface area contributed by atoms with Gasteiger partial charge in [0, 0.05) is 11.4 Å². The molecule has 0 radical (unpaired) electrons. The van der Waals surface area contributed by atoms with Crippen molar-refractivity contribution in [3.63, 3.8) is 0 Å². The summed E-state index contributed by atoms with van der Waals surface area (Å²) >= 11 is 0.982. The maximum Gasteiger partial charge on any atom is 0.345 e. The first-order valence-electron chi connectivity index (χ1n) is 6.96. The van der Waals surface area contributed by atoms with E-state index in [1.54, 1.807) is 6.92 Å². The van der Waals surface area contributed by atoms with Gasteiger partial charge in [-0.05, 0) is 51.9 Å². The molecule has 2 rings (SSSR count). The number of nitrogens with one attached hydrogen (secondary N) is 1. The van der Waals surface area contributed by atoms with E-state index in [0.717, 1.165) is 37.4 Å². The normalized spacial score (nSPS) is 16.4. The van der Waals surface area contributed by atoms with Crippen LogP contribution in [-0.4, -0.2) is 50.6 Å². The summed E-state index contributed by atoms with van der Waals surface area (Å²) < 4.78 is 26.9. The topological polar surface area (TPSA) is 86.7 Å². The molecule has 0 unspecified atom stereocenters. The summed E-state index contributed by atoms with van der Waals surface area (Å²) in [5.74, 6) is -1.10. The fraction of sp³-hybridized carbons (Fsp3) is 0.615. The molecule has 2 heterocycles. The second-order valence-electron chi connectivity index (χ2n) is 5.14. The highest BCUT2D eigenvalue weighted by Gasteiger charge is 2.21. The molecule has 0 atom stereocenters. The molecule has 1 aromatic heterocycles. The molecule has 118 valence electrons. The Labute approximate surface area is 128 Å². The lowest BCUT2D eigenvalue weighted by atomic mass is 10.4. The number of carboxylic acid groups (broad SMARTS) is 1. The lowest BCUT2D eigenvalue weighted by molar-refractivity contribution is 0.0702. The highest BCUT2D eigenvalue weighted by atomic mass is 32.2. The number of carbonyl (C=O) groups is 1. The van der Waals surface area contributed by atoms with E-state index in [4.69, 9.17) is 5.11 Å². The van der Waals surface area contributed by atoms with Gasteiger partial charge in [0.25, 0.3) is 0 Å². The Hall–Kier alpha value is -0.960. The van der Waals surface area contributed by atoms with E-state index in [9.17, 15) is 13.2 Å². The number of nitrogens with zero attached hydrogens (tertiary/aromatic N) is 1. The first kappa shape index (κ1) is 16.4. The van der Waals surface area contributed by atoms with Crippen LogP contribution in [0, 0.1) is 6.92 Å². The van der Waals surface area contributed by atoms with Gasteiger partial charge in [-0.3, -0.25) is 0 Å². The van der Waals surface area contributed by atoms with E-state index in [0.29, 0.717) is 11.4 Å². The number of hydrogen-bond acceptors (Lipinski definition) is 5. The summed E-state index contributed by atoms with van der Waals surface area (Å²) in [5, 5.41) is 8.91. The van der Waals surface area contributed by atoms with Gasteiger partial charge in [-0.1, -0.05) is 0 Å². The van der Waals surface area contributed by atoms with Gasteiger partial charge < -0.3 is 10.0 Å². The Morgan fingerprint density at radius 1 is 1.43 bits per heavy atom. The molecule has 1 aromatic rings. The van der Waals surface area contributed by atoms with E-state index in [-0.39, 0.29) is 9.77 Å². The number of rotatable bonds is 7. The highest BCUT2D eigenvalue weighted by molar-refractivity contribution is 7.89. The van der Waals surface area contributed by atoms with Crippen molar-refractivity contribution in [2.24, 2.45) is 0 Å². The standard InChI is InChI=1S/C13H20N2O4S2/c1-10-12(9-11(20-10)13(16)17)21(18,19)14-5-4-8-15-6-2-3-7-15/h9,14H,2-8H2,1H3,(H,16,17). The zero-order chi connectivity index (χ0) is 15.5. The number of aromatic carboxylic acids is 1. The molecule has 8 heteroatoms. The summed E-state index contributed by atoms with van der Waals surface area (Å²) in [4.78, 5) is 13.8. The van der Waals surface area contributed by atoms with Crippen molar-refractivity contribution in [1.82, 2.24) is 9.62 Å². The van der Waals surface area contributed by atoms with Gasteiger partial charge in [0.05, 0.1) is 4.90 Å². The Bertz CT molecular complexity index is 604. The van der Waals surface area contributed by atoms with E-state index in [2.05, 4.69) is 9.62 Å². The van der Waals surface area contributed by atoms with Gasteiger partial charge in [0.1, 0.15) is 4.88 Å². The van der Waals surface area contributed by atoms with Crippen LogP contribution in [0.3, 0.4) is 0 Å². The zero-order valence-electron chi connectivity index (χ0n) is 12.0. The molecule has 0 bridgehead atoms. The van der Waals surface area contributed by atoms with Gasteiger partial charge in [0.15, 0.2) is 0 Å². The molecule has 21 heavy (non-hydrogen) atoms. The first-order chi connectivity index (χ1) is 9.90. The van der Waals surface area contributed by atoms with Crippen LogP contribution in [0.4, 0.5) is 0 Å². The quantitative estimate of drug-likeness (QED) is 0.739. The second-order valence-corrected chi connectivity index (χ2v) is 8.13. The van der Waals surface area contributed by atoms with Crippen LogP contribution in [0.15, 0.2) is 11.0 Å². The Balaban J connectivity index is 1.90. The third-order valence-electron chi connectivity index (χ3n) is 3.51. The molecule has 1 aliphatic heterocycles. The van der Waals surface area contributed by atoms with Crippen molar-refractivity contribution in [1.29, 1.82) is 0 Å². The summed E-state index contributed by atoms with van der Waals surface area (Å²) in [6.45, 7) is 5.08. The third kappa shape index (κ3) is 4.26. The van der Waals surface area contributed by atoms with E-state index in [1.807, 2.05) is 0 Å². The Morgan fingerprint density at radius 2 is 2.10 bits per heavy atom. The van der Waals surface area contributed by atoms with Gasteiger partial charge in [0.2, 0.25) is 10.0 Å². The summed E-state index contributed by atoms with van der Waals surface area (Å²) in [6.07, 6.45) is 3.20. The molecule has 0 spiro atoms. The SMILES string of the molecule is Cc1sc(C(=O)O)cc1S(=O)(=O)NCCCN1CCCC1. The predicted octanol–water partition coefficient (Wildman–Crippen LogP) is 1.52. The van der Waals surface area contributed by atoms with Crippen LogP contribution in [0.5, 0.6) is 0 Å². The van der Waals surface area contributed by atoms with E-state index < -0.39 is 16.0 Å². The number of sulfonamides is 1. The summed E-state index contributed by atoms with van der Waals surface area (Å²) in [7, 11) is -3.62. The molecule has 6 nitrogen and oxygen atoms in total. The van der Waals surface area contributed by atoms with Crippen molar-refractivity contribution in [2.75, 3.05) is 26.2 Å². The number of aryl methyl sites for hydroxylation is 1. The summed E-state index contributed by atoms with van der Waals surface area (Å²) in [5.41, 5.74) is 0. The van der Waals surface area contributed by atoms with Gasteiger partial charge in [-0.2, -0.15) is 0 Å². The van der Waals surface area contributed by atoms with Crippen molar-refractivity contribution < 1.29 is 18.3 Å². The van der Waals surface area contributed by atoms with Crippen LogP contribution in [0.1, 0.15) is 33.8 Å². The number of thiophene rings is 1. The number of hydrogen-bond donors (Lipinski definition) is 2. The fourth-order valence-electron chi connectivity index (χ4n) is 2.43. The minimum atomic E-state index is -3.62. The van der Waals surface area contributed by atoms with Gasteiger partial charge in [-0.25, -0.2) is 17.9 Å². The maximum atomic E-state index is 12.2. The Morgan fingerprint density at radius 3 is 2.67 bits per heavy atom. The third-order valence-corrected chi connectivity index (χ3v) is 6.27. The summed E-state index contributed by atoms with van der Waals surface area (Å²) in [6, 6.07) is 1.23. The molecule has 0 aliphatic carbocycles. The highest BCUT2D eigenvalue weighted by Crippen LogP contribution is 2.25. The maximum absolute atomic E-state index is 12.2. The smallest absolute Gasteiger partial charge is 0.345 e. The number of likely N-dealkylation sites (tertiary alicyclic amines) is 1. The van der Waals surface area contributed by atoms with Crippen LogP contribution < -0.4 is 4.72 Å². The number of carboxylic acids is 1. The lowest BCUT2D eigenvalue weighted by Crippen LogP contribution is -2.28. The minimum absolute atomic E-state index is 0.0462. The van der Waals surface area contributed by atoms with Crippen LogP contribution >= 0.6 is 11.3 Å². The monoisotopic (exact) mass is 332 g/mol. The molecule has 0 aromatic carbocycles. The molecular formula is C13H20N2O4S2. The zero-order valence-corrected chi connectivity index (χ0v) is 13.6. The van der Waals surface area contributed by atoms with Crippen molar-refractivity contribution in [3.05, 3.63) is 15.8 Å². The predicted molar refractivity (Wildman–Crippen MR) is 81.5 cm³/mol. The minimum Gasteiger partial charge on any atom is -0.477 e. The molecule has 1 saturated heterocycles. The van der Waals surface area contributed by atoms with Gasteiger partial charge >= 0.3 is 5.97 Å². The van der Waals surface area contributed by atoms with Crippen molar-refractivity contribution in [2.45, 2.75) is 31.1 Å². The van der Waals surface area contributed by atoms with Crippen molar-refractivity contribution >= 4 is 27.3 Å². The van der Waals surface area contributed by atoms with Crippen LogP contribution in [0.2, 0.25) is 0 Å². The molecular weight excluding hydrogens is 312 g/mol. The average Bonchev–Trinajstić information content (AvgIpc) is 3.04. The average molecular weight is 332 g/mol. The van der Waals surface area contributed by atoms with Crippen LogP contribution in [0.25, 0.3) is 0 Å². The fourth-order valence-corrected chi connectivity index (χ4v) is 4.93. The first-order valence-corrected chi connectivity index (χ1v) is 9.26. The van der Waals surface area contributed by atoms with Gasteiger partial charge in [-0.15, -0.1) is 11.3 Å². The van der Waals surface area contributed by atoms with Crippen LogP contribution in [-0.2, 0) is 10.0 Å². The molecule has 1 fully saturated rings. The Kier molecular flexibility index (Phi) is 5.37. The molecule has 0 amide bonds. The second kappa shape index (κ2) is 6.87. The van der Waals surface area contributed by atoms with Crippen molar-refractivity contribution in [3.8, 4) is 0 Å². The molecule has 2 N–H and O–H groups in total. The van der Waals surface area contributed by atoms with E-state index >= 15 is 0 Å². The molecule has 0 saturated carbocycles. The largest absolute Gasteiger partial charge is 0.477 e. The van der Waals surface area contributed by atoms with E-state index in [1.165, 1.54) is 18.9 Å².